The van der Waals surface area contributed by atoms with E-state index in [2.05, 4.69) is 10.1 Å². The summed E-state index contributed by atoms with van der Waals surface area (Å²) in [4.78, 5) is 21.7. The molecule has 1 aromatic carbocycles. The maximum atomic E-state index is 11.4. The number of nitrogens with one attached hydrogen (secondary N) is 1. The average molecular weight is 298 g/mol. The fourth-order valence-corrected chi connectivity index (χ4v) is 1.72. The number of benzene rings is 1. The van der Waals surface area contributed by atoms with Gasteiger partial charge in [0.05, 0.1) is 31.8 Å². The number of hydrogen-bond acceptors (Lipinski definition) is 7. The van der Waals surface area contributed by atoms with Gasteiger partial charge in [0.1, 0.15) is 11.8 Å². The van der Waals surface area contributed by atoms with Crippen molar-refractivity contribution in [2.75, 3.05) is 27.9 Å². The van der Waals surface area contributed by atoms with Crippen molar-refractivity contribution in [2.24, 2.45) is 0 Å². The van der Waals surface area contributed by atoms with Crippen molar-refractivity contribution in [3.8, 4) is 11.5 Å². The van der Waals surface area contributed by atoms with Crippen LogP contribution in [0.3, 0.4) is 0 Å². The molecule has 1 unspecified atom stereocenters. The van der Waals surface area contributed by atoms with Crippen LogP contribution in [0.15, 0.2) is 18.2 Å². The summed E-state index contributed by atoms with van der Waals surface area (Å²) in [6, 6.07) is 3.83. The van der Waals surface area contributed by atoms with Crippen molar-refractivity contribution in [3.05, 3.63) is 28.3 Å². The Morgan fingerprint density at radius 3 is 2.67 bits per heavy atom. The van der Waals surface area contributed by atoms with Gasteiger partial charge in [-0.2, -0.15) is 0 Å². The smallest absolute Gasteiger partial charge is 0.322 e. The van der Waals surface area contributed by atoms with Crippen molar-refractivity contribution in [1.29, 1.82) is 0 Å². The number of carbonyl (C=O) groups is 1. The van der Waals surface area contributed by atoms with Crippen LogP contribution in [0.5, 0.6) is 11.5 Å². The van der Waals surface area contributed by atoms with Crippen molar-refractivity contribution >= 4 is 11.7 Å². The average Bonchev–Trinajstić information content (AvgIpc) is 2.50. The number of ether oxygens (including phenoxy) is 3. The second-order valence-electron chi connectivity index (χ2n) is 4.09. The Bertz CT molecular complexity index is 505. The van der Waals surface area contributed by atoms with Crippen LogP contribution < -0.4 is 14.8 Å². The number of nitrogens with zero attached hydrogens (tertiary/aromatic N) is 1. The third-order valence-electron chi connectivity index (χ3n) is 2.86. The Kier molecular flexibility index (Phi) is 6.41. The number of methoxy groups -OCH3 is 2. The van der Waals surface area contributed by atoms with Gasteiger partial charge in [-0.3, -0.25) is 14.9 Å². The lowest BCUT2D eigenvalue weighted by Crippen LogP contribution is -2.36. The fourth-order valence-electron chi connectivity index (χ4n) is 1.72. The lowest BCUT2D eigenvalue weighted by atomic mass is 10.2. The highest BCUT2D eigenvalue weighted by atomic mass is 16.6. The molecule has 0 saturated heterocycles. The molecule has 0 saturated carbocycles. The number of rotatable bonds is 8. The molecule has 1 atom stereocenters. The first-order chi connectivity index (χ1) is 10.0. The molecular weight excluding hydrogens is 280 g/mol. The second-order valence-corrected chi connectivity index (χ2v) is 4.09. The number of nitro benzene ring substituents is 1. The third-order valence-corrected chi connectivity index (χ3v) is 2.86. The van der Waals surface area contributed by atoms with Crippen LogP contribution in [0.2, 0.25) is 0 Å². The molecule has 8 nitrogen and oxygen atoms in total. The summed E-state index contributed by atoms with van der Waals surface area (Å²) < 4.78 is 14.9. The quantitative estimate of drug-likeness (QED) is 0.436. The van der Waals surface area contributed by atoms with Gasteiger partial charge in [-0.1, -0.05) is 0 Å². The monoisotopic (exact) mass is 298 g/mol. The Morgan fingerprint density at radius 1 is 1.43 bits per heavy atom. The summed E-state index contributed by atoms with van der Waals surface area (Å²) >= 11 is 0. The summed E-state index contributed by atoms with van der Waals surface area (Å²) in [6.45, 7) is 0.212. The number of hydrogen-bond donors (Lipinski definition) is 1. The molecule has 0 fully saturated rings. The van der Waals surface area contributed by atoms with E-state index in [1.54, 1.807) is 13.1 Å². The number of esters is 1. The van der Waals surface area contributed by atoms with Gasteiger partial charge < -0.3 is 19.5 Å². The SMILES string of the molecule is CNC(CCOc1ccc(OC)c([N+](=O)[O-])c1)C(=O)OC. The van der Waals surface area contributed by atoms with Crippen LogP contribution in [-0.4, -0.2) is 44.8 Å². The van der Waals surface area contributed by atoms with Gasteiger partial charge in [0.2, 0.25) is 0 Å². The molecule has 0 aromatic heterocycles. The zero-order chi connectivity index (χ0) is 15.8. The zero-order valence-electron chi connectivity index (χ0n) is 12.1. The van der Waals surface area contributed by atoms with Crippen LogP contribution in [0.25, 0.3) is 0 Å². The van der Waals surface area contributed by atoms with Crippen molar-refractivity contribution in [1.82, 2.24) is 5.32 Å². The summed E-state index contributed by atoms with van der Waals surface area (Å²) in [5.74, 6) is 0.110. The number of nitro groups is 1. The van der Waals surface area contributed by atoms with Gasteiger partial charge in [0.15, 0.2) is 5.75 Å². The maximum Gasteiger partial charge on any atom is 0.322 e. The molecule has 0 radical (unpaired) electrons. The molecule has 1 rings (SSSR count). The van der Waals surface area contributed by atoms with Crippen molar-refractivity contribution in [3.63, 3.8) is 0 Å². The molecule has 1 N–H and O–H groups in total. The van der Waals surface area contributed by atoms with Gasteiger partial charge >= 0.3 is 11.7 Å². The predicted octanol–water partition coefficient (Wildman–Crippen LogP) is 1.13. The lowest BCUT2D eigenvalue weighted by molar-refractivity contribution is -0.385. The van der Waals surface area contributed by atoms with E-state index in [9.17, 15) is 14.9 Å². The molecular formula is C13H18N2O6. The number of likely N-dealkylation sites (N-methyl/N-ethyl adjacent to an activating group) is 1. The maximum absolute atomic E-state index is 11.4. The first kappa shape index (κ1) is 16.7. The van der Waals surface area contributed by atoms with Crippen LogP contribution >= 0.6 is 0 Å². The molecule has 0 aliphatic carbocycles. The van der Waals surface area contributed by atoms with E-state index in [4.69, 9.17) is 9.47 Å². The topological polar surface area (TPSA) is 99.9 Å². The first-order valence-electron chi connectivity index (χ1n) is 6.23. The summed E-state index contributed by atoms with van der Waals surface area (Å²) in [6.07, 6.45) is 0.378. The minimum Gasteiger partial charge on any atom is -0.493 e. The van der Waals surface area contributed by atoms with Gasteiger partial charge in [-0.25, -0.2) is 0 Å². The van der Waals surface area contributed by atoms with Gasteiger partial charge in [-0.15, -0.1) is 0 Å². The largest absolute Gasteiger partial charge is 0.493 e. The molecule has 0 heterocycles. The first-order valence-corrected chi connectivity index (χ1v) is 6.23. The highest BCUT2D eigenvalue weighted by Gasteiger charge is 2.18. The highest BCUT2D eigenvalue weighted by Crippen LogP contribution is 2.30. The van der Waals surface area contributed by atoms with Gasteiger partial charge in [0, 0.05) is 6.42 Å². The van der Waals surface area contributed by atoms with Crippen LogP contribution in [-0.2, 0) is 9.53 Å². The normalized spacial score (nSPS) is 11.6. The zero-order valence-corrected chi connectivity index (χ0v) is 12.1. The lowest BCUT2D eigenvalue weighted by Gasteiger charge is -2.14. The fraction of sp³-hybridized carbons (Fsp3) is 0.462. The van der Waals surface area contributed by atoms with Crippen LogP contribution in [0.1, 0.15) is 6.42 Å². The van der Waals surface area contributed by atoms with Crippen LogP contribution in [0.4, 0.5) is 5.69 Å². The Hall–Kier alpha value is -2.35. The van der Waals surface area contributed by atoms with E-state index >= 15 is 0 Å². The van der Waals surface area contributed by atoms with E-state index in [0.29, 0.717) is 12.2 Å². The Morgan fingerprint density at radius 2 is 2.14 bits per heavy atom. The minimum atomic E-state index is -0.545. The van der Waals surface area contributed by atoms with Crippen molar-refractivity contribution < 1.29 is 23.9 Å². The van der Waals surface area contributed by atoms with Gasteiger partial charge in [-0.05, 0) is 19.2 Å². The van der Waals surface area contributed by atoms with E-state index in [-0.39, 0.29) is 24.0 Å². The number of carbonyl (C=O) groups excluding carboxylic acids is 1. The predicted molar refractivity (Wildman–Crippen MR) is 74.6 cm³/mol. The standard InChI is InChI=1S/C13H18N2O6/c1-14-10(13(16)20-3)6-7-21-9-4-5-12(19-2)11(8-9)15(17)18/h4-5,8,10,14H,6-7H2,1-3H3. The molecule has 0 aliphatic heterocycles. The minimum absolute atomic E-state index is 0.162. The molecule has 0 bridgehead atoms. The Labute approximate surface area is 122 Å². The van der Waals surface area contributed by atoms with E-state index in [1.165, 1.54) is 26.4 Å². The van der Waals surface area contributed by atoms with E-state index < -0.39 is 11.0 Å². The van der Waals surface area contributed by atoms with E-state index in [0.717, 1.165) is 0 Å². The van der Waals surface area contributed by atoms with Crippen molar-refractivity contribution in [2.45, 2.75) is 12.5 Å². The second kappa shape index (κ2) is 8.05. The summed E-state index contributed by atoms with van der Waals surface area (Å²) in [7, 11) is 4.30. The molecule has 116 valence electrons. The molecule has 8 heteroatoms. The third kappa shape index (κ3) is 4.60. The molecule has 0 spiro atoms. The van der Waals surface area contributed by atoms with E-state index in [1.807, 2.05) is 0 Å². The molecule has 1 aromatic rings. The molecule has 0 amide bonds. The van der Waals surface area contributed by atoms with Gasteiger partial charge in [0.25, 0.3) is 0 Å². The highest BCUT2D eigenvalue weighted by molar-refractivity contribution is 5.75. The summed E-state index contributed by atoms with van der Waals surface area (Å²) in [5.41, 5.74) is -0.173. The summed E-state index contributed by atoms with van der Waals surface area (Å²) in [5, 5.41) is 13.7. The Balaban J connectivity index is 2.65. The molecule has 0 aliphatic rings. The molecule has 21 heavy (non-hydrogen) atoms. The van der Waals surface area contributed by atoms with Crippen LogP contribution in [0, 0.1) is 10.1 Å².